The van der Waals surface area contributed by atoms with E-state index in [4.69, 9.17) is 0 Å². The fourth-order valence-electron chi connectivity index (χ4n) is 2.37. The van der Waals surface area contributed by atoms with E-state index in [0.717, 1.165) is 19.0 Å². The van der Waals surface area contributed by atoms with E-state index in [1.165, 1.54) is 0 Å². The van der Waals surface area contributed by atoms with Crippen molar-refractivity contribution in [1.82, 2.24) is 19.7 Å². The summed E-state index contributed by atoms with van der Waals surface area (Å²) in [6.07, 6.45) is -2.96. The number of aromatic nitrogens is 3. The standard InChI is InChI=1S/C16H19F3N4O2/c1-22-14(16(17,18)19)21-23(15(22)25)11-10-20-13(24)9-5-8-12-6-3-2-4-7-12/h2-4,6-7H,5,8-11H2,1H3,(H,20,24). The van der Waals surface area contributed by atoms with Crippen LogP contribution in [0.4, 0.5) is 13.2 Å². The van der Waals surface area contributed by atoms with Gasteiger partial charge in [-0.25, -0.2) is 9.48 Å². The van der Waals surface area contributed by atoms with Crippen molar-refractivity contribution in [2.24, 2.45) is 7.05 Å². The summed E-state index contributed by atoms with van der Waals surface area (Å²) >= 11 is 0. The summed E-state index contributed by atoms with van der Waals surface area (Å²) < 4.78 is 39.1. The third-order valence-electron chi connectivity index (χ3n) is 3.65. The van der Waals surface area contributed by atoms with Crippen molar-refractivity contribution in [3.63, 3.8) is 0 Å². The fraction of sp³-hybridized carbons (Fsp3) is 0.438. The van der Waals surface area contributed by atoms with E-state index in [1.807, 2.05) is 30.3 Å². The lowest BCUT2D eigenvalue weighted by atomic mass is 10.1. The number of halogens is 3. The van der Waals surface area contributed by atoms with Crippen LogP contribution in [0.1, 0.15) is 24.2 Å². The molecule has 0 aliphatic rings. The van der Waals surface area contributed by atoms with Crippen molar-refractivity contribution >= 4 is 5.91 Å². The first-order valence-electron chi connectivity index (χ1n) is 7.80. The lowest BCUT2D eigenvalue weighted by Gasteiger charge is -2.05. The molecule has 1 aromatic carbocycles. The molecule has 0 spiro atoms. The number of nitrogens with zero attached hydrogens (tertiary/aromatic N) is 3. The molecule has 0 saturated carbocycles. The zero-order valence-corrected chi connectivity index (χ0v) is 13.7. The molecule has 1 N–H and O–H groups in total. The van der Waals surface area contributed by atoms with Gasteiger partial charge in [0, 0.05) is 20.0 Å². The molecule has 0 radical (unpaired) electrons. The first-order valence-corrected chi connectivity index (χ1v) is 7.80. The predicted molar refractivity (Wildman–Crippen MR) is 84.9 cm³/mol. The van der Waals surface area contributed by atoms with Gasteiger partial charge in [-0.15, -0.1) is 5.10 Å². The normalized spacial score (nSPS) is 11.5. The Hall–Kier alpha value is -2.58. The number of rotatable bonds is 7. The van der Waals surface area contributed by atoms with E-state index in [2.05, 4.69) is 10.4 Å². The van der Waals surface area contributed by atoms with E-state index in [9.17, 15) is 22.8 Å². The minimum absolute atomic E-state index is 0.0401. The molecule has 136 valence electrons. The summed E-state index contributed by atoms with van der Waals surface area (Å²) in [6, 6.07) is 9.72. The molecule has 25 heavy (non-hydrogen) atoms. The molecule has 0 aliphatic carbocycles. The average Bonchev–Trinajstić information content (AvgIpc) is 2.84. The Morgan fingerprint density at radius 1 is 1.24 bits per heavy atom. The first-order chi connectivity index (χ1) is 11.8. The number of amides is 1. The molecule has 0 atom stereocenters. The van der Waals surface area contributed by atoms with Gasteiger partial charge in [-0.05, 0) is 18.4 Å². The topological polar surface area (TPSA) is 68.9 Å². The van der Waals surface area contributed by atoms with Crippen LogP contribution in [0.3, 0.4) is 0 Å². The summed E-state index contributed by atoms with van der Waals surface area (Å²) in [5.41, 5.74) is 0.265. The molecule has 1 amide bonds. The van der Waals surface area contributed by atoms with Crippen molar-refractivity contribution < 1.29 is 18.0 Å². The van der Waals surface area contributed by atoms with Gasteiger partial charge in [0.25, 0.3) is 0 Å². The van der Waals surface area contributed by atoms with Gasteiger partial charge in [0.2, 0.25) is 11.7 Å². The maximum Gasteiger partial charge on any atom is 0.451 e. The zero-order valence-electron chi connectivity index (χ0n) is 13.7. The van der Waals surface area contributed by atoms with E-state index >= 15 is 0 Å². The van der Waals surface area contributed by atoms with Gasteiger partial charge >= 0.3 is 11.9 Å². The number of hydrogen-bond donors (Lipinski definition) is 1. The van der Waals surface area contributed by atoms with Gasteiger partial charge in [-0.1, -0.05) is 30.3 Å². The van der Waals surface area contributed by atoms with Gasteiger partial charge in [0.15, 0.2) is 0 Å². The number of aryl methyl sites for hydroxylation is 1. The summed E-state index contributed by atoms with van der Waals surface area (Å²) in [4.78, 5) is 23.4. The quantitative estimate of drug-likeness (QED) is 0.822. The highest BCUT2D eigenvalue weighted by Gasteiger charge is 2.37. The Morgan fingerprint density at radius 2 is 1.92 bits per heavy atom. The van der Waals surface area contributed by atoms with Crippen molar-refractivity contribution in [3.05, 3.63) is 52.2 Å². The number of carbonyl (C=O) groups excluding carboxylic acids is 1. The molecule has 0 bridgehead atoms. The third-order valence-corrected chi connectivity index (χ3v) is 3.65. The average molecular weight is 356 g/mol. The Labute approximate surface area is 142 Å². The largest absolute Gasteiger partial charge is 0.451 e. The summed E-state index contributed by atoms with van der Waals surface area (Å²) in [5, 5.41) is 5.85. The minimum atomic E-state index is -4.69. The molecule has 1 aromatic heterocycles. The number of nitrogens with one attached hydrogen (secondary N) is 1. The Morgan fingerprint density at radius 3 is 2.52 bits per heavy atom. The van der Waals surface area contributed by atoms with Crippen LogP contribution in [0, 0.1) is 0 Å². The van der Waals surface area contributed by atoms with Gasteiger partial charge in [0.1, 0.15) is 0 Å². The SMILES string of the molecule is Cn1c(C(F)(F)F)nn(CCNC(=O)CCCc2ccccc2)c1=O. The van der Waals surface area contributed by atoms with Gasteiger partial charge < -0.3 is 5.32 Å². The summed E-state index contributed by atoms with van der Waals surface area (Å²) in [5.74, 6) is -1.47. The van der Waals surface area contributed by atoms with E-state index in [-0.39, 0.29) is 19.0 Å². The molecular weight excluding hydrogens is 337 g/mol. The Balaban J connectivity index is 1.77. The van der Waals surface area contributed by atoms with Crippen molar-refractivity contribution in [3.8, 4) is 0 Å². The molecular formula is C16H19F3N4O2. The lowest BCUT2D eigenvalue weighted by Crippen LogP contribution is -2.31. The molecule has 0 aliphatic heterocycles. The Bertz CT molecular complexity index is 766. The van der Waals surface area contributed by atoms with Crippen LogP contribution in [-0.4, -0.2) is 26.8 Å². The highest BCUT2D eigenvalue weighted by atomic mass is 19.4. The van der Waals surface area contributed by atoms with Crippen molar-refractivity contribution in [2.45, 2.75) is 32.0 Å². The smallest absolute Gasteiger partial charge is 0.354 e. The number of benzene rings is 1. The maximum atomic E-state index is 12.7. The second-order valence-corrected chi connectivity index (χ2v) is 5.58. The van der Waals surface area contributed by atoms with E-state index < -0.39 is 17.7 Å². The monoisotopic (exact) mass is 356 g/mol. The molecule has 0 unspecified atom stereocenters. The second-order valence-electron chi connectivity index (χ2n) is 5.58. The molecule has 6 nitrogen and oxygen atoms in total. The minimum Gasteiger partial charge on any atom is -0.354 e. The maximum absolute atomic E-state index is 12.7. The van der Waals surface area contributed by atoms with Gasteiger partial charge in [-0.3, -0.25) is 9.36 Å². The summed E-state index contributed by atoms with van der Waals surface area (Å²) in [7, 11) is 1.01. The molecule has 0 saturated heterocycles. The number of alkyl halides is 3. The highest BCUT2D eigenvalue weighted by molar-refractivity contribution is 5.75. The van der Waals surface area contributed by atoms with Crippen LogP contribution in [0.2, 0.25) is 0 Å². The highest BCUT2D eigenvalue weighted by Crippen LogP contribution is 2.25. The van der Waals surface area contributed by atoms with Gasteiger partial charge in [0.05, 0.1) is 6.54 Å². The van der Waals surface area contributed by atoms with Crippen LogP contribution in [0.25, 0.3) is 0 Å². The third kappa shape index (κ3) is 5.20. The van der Waals surface area contributed by atoms with Crippen LogP contribution in [0.15, 0.2) is 35.1 Å². The van der Waals surface area contributed by atoms with E-state index in [0.29, 0.717) is 22.1 Å². The van der Waals surface area contributed by atoms with Crippen LogP contribution >= 0.6 is 0 Å². The summed E-state index contributed by atoms with van der Waals surface area (Å²) in [6.45, 7) is -0.0778. The van der Waals surface area contributed by atoms with Gasteiger partial charge in [-0.2, -0.15) is 13.2 Å². The van der Waals surface area contributed by atoms with Crippen LogP contribution < -0.4 is 11.0 Å². The second kappa shape index (κ2) is 8.00. The molecule has 2 rings (SSSR count). The number of carbonyl (C=O) groups is 1. The predicted octanol–water partition coefficient (Wildman–Crippen LogP) is 1.74. The zero-order chi connectivity index (χ0) is 18.4. The fourth-order valence-corrected chi connectivity index (χ4v) is 2.37. The van der Waals surface area contributed by atoms with E-state index in [1.54, 1.807) is 0 Å². The van der Waals surface area contributed by atoms with Crippen molar-refractivity contribution in [1.29, 1.82) is 0 Å². The van der Waals surface area contributed by atoms with Crippen LogP contribution in [-0.2, 0) is 31.0 Å². The molecule has 9 heteroatoms. The molecule has 2 aromatic rings. The molecule has 1 heterocycles. The first kappa shape index (κ1) is 18.8. The molecule has 0 fully saturated rings. The Kier molecular flexibility index (Phi) is 6.00. The van der Waals surface area contributed by atoms with Crippen molar-refractivity contribution in [2.75, 3.05) is 6.54 Å². The van der Waals surface area contributed by atoms with Crippen LogP contribution in [0.5, 0.6) is 0 Å². The lowest BCUT2D eigenvalue weighted by molar-refractivity contribution is -0.147. The number of hydrogen-bond acceptors (Lipinski definition) is 3.